The van der Waals surface area contributed by atoms with Gasteiger partial charge in [0, 0.05) is 12.5 Å². The van der Waals surface area contributed by atoms with Crippen molar-refractivity contribution in [2.75, 3.05) is 19.7 Å². The van der Waals surface area contributed by atoms with Crippen LogP contribution in [0.3, 0.4) is 0 Å². The summed E-state index contributed by atoms with van der Waals surface area (Å²) in [6.45, 7) is 6.71. The first-order chi connectivity index (χ1) is 8.37. The number of amides is 1. The van der Waals surface area contributed by atoms with Crippen LogP contribution < -0.4 is 0 Å². The predicted molar refractivity (Wildman–Crippen MR) is 65.3 cm³/mol. The largest absolute Gasteiger partial charge is 0.444 e. The van der Waals surface area contributed by atoms with Crippen LogP contribution in [0.1, 0.15) is 33.6 Å². The fourth-order valence-electron chi connectivity index (χ4n) is 1.94. The normalized spacial score (nSPS) is 24.8. The Labute approximate surface area is 107 Å². The molecule has 0 aromatic heterocycles. The zero-order valence-electron chi connectivity index (χ0n) is 11.3. The summed E-state index contributed by atoms with van der Waals surface area (Å²) in [7, 11) is 0. The van der Waals surface area contributed by atoms with Gasteiger partial charge in [0.15, 0.2) is 5.78 Å². The first-order valence-electron chi connectivity index (χ1n) is 6.50. The van der Waals surface area contributed by atoms with Crippen LogP contribution in [0, 0.1) is 5.92 Å². The van der Waals surface area contributed by atoms with Gasteiger partial charge in [0.25, 0.3) is 0 Å². The van der Waals surface area contributed by atoms with Crippen molar-refractivity contribution in [2.45, 2.75) is 45.3 Å². The number of rotatable bonds is 2. The van der Waals surface area contributed by atoms with Crippen molar-refractivity contribution in [2.24, 2.45) is 5.92 Å². The Balaban J connectivity index is 1.89. The quantitative estimate of drug-likeness (QED) is 0.752. The molecule has 1 amide bonds. The van der Waals surface area contributed by atoms with E-state index in [0.717, 1.165) is 12.8 Å². The van der Waals surface area contributed by atoms with Gasteiger partial charge in [-0.15, -0.1) is 0 Å². The molecule has 1 aliphatic carbocycles. The Morgan fingerprint density at radius 3 is 2.50 bits per heavy atom. The van der Waals surface area contributed by atoms with E-state index >= 15 is 0 Å². The second-order valence-corrected chi connectivity index (χ2v) is 5.96. The maximum Gasteiger partial charge on any atom is 0.410 e. The highest BCUT2D eigenvalue weighted by atomic mass is 16.6. The molecule has 0 unspecified atom stereocenters. The van der Waals surface area contributed by atoms with Crippen molar-refractivity contribution in [3.63, 3.8) is 0 Å². The summed E-state index contributed by atoms with van der Waals surface area (Å²) in [4.78, 5) is 25.4. The summed E-state index contributed by atoms with van der Waals surface area (Å²) < 4.78 is 10.8. The lowest BCUT2D eigenvalue weighted by Crippen LogP contribution is -2.50. The molecule has 2 rings (SSSR count). The fourth-order valence-corrected chi connectivity index (χ4v) is 1.94. The minimum atomic E-state index is -0.509. The van der Waals surface area contributed by atoms with Crippen molar-refractivity contribution in [1.82, 2.24) is 4.90 Å². The Kier molecular flexibility index (Phi) is 3.61. The molecule has 102 valence electrons. The van der Waals surface area contributed by atoms with Crippen LogP contribution >= 0.6 is 0 Å². The van der Waals surface area contributed by atoms with Gasteiger partial charge in [-0.1, -0.05) is 0 Å². The molecule has 0 N–H and O–H groups in total. The standard InChI is InChI=1S/C13H21NO4/c1-13(2,3)18-12(16)14-6-7-17-10(8-14)11(15)9-4-5-9/h9-10H,4-8H2,1-3H3/t10-/m0/s1. The van der Waals surface area contributed by atoms with E-state index in [9.17, 15) is 9.59 Å². The summed E-state index contributed by atoms with van der Waals surface area (Å²) in [6, 6.07) is 0. The van der Waals surface area contributed by atoms with Gasteiger partial charge in [-0.2, -0.15) is 0 Å². The molecule has 5 nitrogen and oxygen atoms in total. The van der Waals surface area contributed by atoms with Crippen LogP contribution in [0.5, 0.6) is 0 Å². The first-order valence-corrected chi connectivity index (χ1v) is 6.50. The molecule has 1 atom stereocenters. The molecule has 2 fully saturated rings. The summed E-state index contributed by atoms with van der Waals surface area (Å²) >= 11 is 0. The SMILES string of the molecule is CC(C)(C)OC(=O)N1CCO[C@H](C(=O)C2CC2)C1. The van der Waals surface area contributed by atoms with E-state index in [1.54, 1.807) is 4.90 Å². The van der Waals surface area contributed by atoms with Crippen molar-refractivity contribution < 1.29 is 19.1 Å². The summed E-state index contributed by atoms with van der Waals surface area (Å²) in [6.07, 6.45) is 1.11. The van der Waals surface area contributed by atoms with Crippen LogP contribution in [0.25, 0.3) is 0 Å². The van der Waals surface area contributed by atoms with Crippen molar-refractivity contribution >= 4 is 11.9 Å². The highest BCUT2D eigenvalue weighted by molar-refractivity contribution is 5.88. The fraction of sp³-hybridized carbons (Fsp3) is 0.846. The molecule has 18 heavy (non-hydrogen) atoms. The van der Waals surface area contributed by atoms with E-state index in [-0.39, 0.29) is 17.8 Å². The van der Waals surface area contributed by atoms with Crippen LogP contribution in [0.15, 0.2) is 0 Å². The van der Waals surface area contributed by atoms with Crippen LogP contribution in [0.4, 0.5) is 4.79 Å². The second-order valence-electron chi connectivity index (χ2n) is 5.96. The highest BCUT2D eigenvalue weighted by Gasteiger charge is 2.39. The van der Waals surface area contributed by atoms with Gasteiger partial charge in [-0.3, -0.25) is 4.79 Å². The molecule has 1 aliphatic heterocycles. The molecule has 0 bridgehead atoms. The number of carbonyl (C=O) groups excluding carboxylic acids is 2. The Morgan fingerprint density at radius 1 is 1.28 bits per heavy atom. The van der Waals surface area contributed by atoms with E-state index < -0.39 is 11.7 Å². The molecule has 0 spiro atoms. The van der Waals surface area contributed by atoms with E-state index in [1.807, 2.05) is 20.8 Å². The van der Waals surface area contributed by atoms with Gasteiger partial charge in [0.05, 0.1) is 13.2 Å². The van der Waals surface area contributed by atoms with Crippen LogP contribution in [-0.2, 0) is 14.3 Å². The van der Waals surface area contributed by atoms with Crippen molar-refractivity contribution in [3.05, 3.63) is 0 Å². The van der Waals surface area contributed by atoms with Gasteiger partial charge in [0.1, 0.15) is 11.7 Å². The number of ether oxygens (including phenoxy) is 2. The average molecular weight is 255 g/mol. The molecular weight excluding hydrogens is 234 g/mol. The first kappa shape index (κ1) is 13.3. The van der Waals surface area contributed by atoms with Crippen LogP contribution in [-0.4, -0.2) is 48.2 Å². The number of Topliss-reactive ketones (excluding diaryl/α,β-unsaturated/α-hetero) is 1. The molecular formula is C13H21NO4. The zero-order chi connectivity index (χ0) is 13.3. The Hall–Kier alpha value is -1.10. The molecule has 2 aliphatic rings. The topological polar surface area (TPSA) is 55.8 Å². The zero-order valence-corrected chi connectivity index (χ0v) is 11.3. The maximum atomic E-state index is 11.9. The molecule has 0 aromatic rings. The van der Waals surface area contributed by atoms with Gasteiger partial charge in [-0.25, -0.2) is 4.79 Å². The Morgan fingerprint density at radius 2 is 1.94 bits per heavy atom. The molecule has 1 saturated carbocycles. The summed E-state index contributed by atoms with van der Waals surface area (Å²) in [5.74, 6) is 0.303. The maximum absolute atomic E-state index is 11.9. The molecule has 1 heterocycles. The average Bonchev–Trinajstić information content (AvgIpc) is 3.10. The van der Waals surface area contributed by atoms with Crippen molar-refractivity contribution in [3.8, 4) is 0 Å². The van der Waals surface area contributed by atoms with E-state index in [2.05, 4.69) is 0 Å². The Bertz CT molecular complexity index is 343. The number of carbonyl (C=O) groups is 2. The van der Waals surface area contributed by atoms with Gasteiger partial charge < -0.3 is 14.4 Å². The van der Waals surface area contributed by atoms with Gasteiger partial charge >= 0.3 is 6.09 Å². The molecule has 0 radical (unpaired) electrons. The summed E-state index contributed by atoms with van der Waals surface area (Å²) in [5.41, 5.74) is -0.509. The third-order valence-corrected chi connectivity index (χ3v) is 3.02. The predicted octanol–water partition coefficient (Wildman–Crippen LogP) is 1.60. The van der Waals surface area contributed by atoms with Crippen molar-refractivity contribution in [1.29, 1.82) is 0 Å². The van der Waals surface area contributed by atoms with E-state index in [4.69, 9.17) is 9.47 Å². The molecule has 1 saturated heterocycles. The van der Waals surface area contributed by atoms with Crippen LogP contribution in [0.2, 0.25) is 0 Å². The molecule has 0 aromatic carbocycles. The number of nitrogens with zero attached hydrogens (tertiary/aromatic N) is 1. The van der Waals surface area contributed by atoms with E-state index in [1.165, 1.54) is 0 Å². The number of ketones is 1. The number of hydrogen-bond donors (Lipinski definition) is 0. The van der Waals surface area contributed by atoms with Gasteiger partial charge in [-0.05, 0) is 33.6 Å². The highest BCUT2D eigenvalue weighted by Crippen LogP contribution is 2.32. The second kappa shape index (κ2) is 4.88. The minimum Gasteiger partial charge on any atom is -0.444 e. The number of hydrogen-bond acceptors (Lipinski definition) is 4. The van der Waals surface area contributed by atoms with E-state index in [0.29, 0.717) is 19.7 Å². The third-order valence-electron chi connectivity index (χ3n) is 3.02. The lowest BCUT2D eigenvalue weighted by Gasteiger charge is -2.33. The minimum absolute atomic E-state index is 0.142. The lowest BCUT2D eigenvalue weighted by atomic mass is 10.1. The number of morpholine rings is 1. The summed E-state index contributed by atoms with van der Waals surface area (Å²) in [5, 5.41) is 0. The van der Waals surface area contributed by atoms with Gasteiger partial charge in [0.2, 0.25) is 0 Å². The monoisotopic (exact) mass is 255 g/mol. The smallest absolute Gasteiger partial charge is 0.410 e. The molecule has 5 heteroatoms. The third kappa shape index (κ3) is 3.45. The lowest BCUT2D eigenvalue weighted by molar-refractivity contribution is -0.137.